The number of hydrogen-bond donors (Lipinski definition) is 1. The molecule has 1 aromatic rings. The Labute approximate surface area is 105 Å². The molecule has 0 radical (unpaired) electrons. The van der Waals surface area contributed by atoms with E-state index in [2.05, 4.69) is 45.1 Å². The van der Waals surface area contributed by atoms with E-state index >= 15 is 0 Å². The minimum Gasteiger partial charge on any atom is -0.382 e. The fourth-order valence-corrected chi connectivity index (χ4v) is 2.15. The van der Waals surface area contributed by atoms with Crippen molar-refractivity contribution in [3.8, 4) is 0 Å². The number of hydrogen-bond acceptors (Lipinski definition) is 3. The maximum atomic E-state index is 4.05. The summed E-state index contributed by atoms with van der Waals surface area (Å²) in [5.74, 6) is 0. The van der Waals surface area contributed by atoms with Crippen LogP contribution in [0.1, 0.15) is 19.8 Å². The predicted octanol–water partition coefficient (Wildman–Crippen LogP) is 2.74. The Morgan fingerprint density at radius 2 is 2.38 bits per heavy atom. The molecule has 1 fully saturated rings. The fourth-order valence-electron chi connectivity index (χ4n) is 1.76. The molecule has 1 aliphatic rings. The minimum absolute atomic E-state index is 0.563. The lowest BCUT2D eigenvalue weighted by molar-refractivity contribution is 0.257. The minimum atomic E-state index is 0.563. The van der Waals surface area contributed by atoms with Crippen LogP contribution in [0.4, 0.5) is 5.69 Å². The van der Waals surface area contributed by atoms with Crippen LogP contribution in [0.25, 0.3) is 0 Å². The molecule has 3 nitrogen and oxygen atoms in total. The van der Waals surface area contributed by atoms with E-state index in [1.807, 2.05) is 18.5 Å². The number of rotatable bonds is 5. The van der Waals surface area contributed by atoms with Gasteiger partial charge in [0.05, 0.1) is 10.2 Å². The molecule has 88 valence electrons. The number of pyridine rings is 1. The second-order valence-corrected chi connectivity index (χ2v) is 5.34. The molecule has 4 heteroatoms. The molecule has 1 atom stereocenters. The van der Waals surface area contributed by atoms with Crippen molar-refractivity contribution in [3.63, 3.8) is 0 Å². The summed E-state index contributed by atoms with van der Waals surface area (Å²) in [4.78, 5) is 6.51. The topological polar surface area (TPSA) is 28.2 Å². The number of nitrogens with one attached hydrogen (secondary N) is 1. The molecular weight excluding hydrogens is 266 g/mol. The van der Waals surface area contributed by atoms with Gasteiger partial charge in [0.15, 0.2) is 0 Å². The summed E-state index contributed by atoms with van der Waals surface area (Å²) in [7, 11) is 2.21. The molecule has 2 rings (SSSR count). The number of anilines is 1. The van der Waals surface area contributed by atoms with Gasteiger partial charge in [-0.15, -0.1) is 0 Å². The maximum Gasteiger partial charge on any atom is 0.0590 e. The van der Waals surface area contributed by atoms with Gasteiger partial charge >= 0.3 is 0 Å². The molecule has 0 amide bonds. The average Bonchev–Trinajstić information content (AvgIpc) is 3.10. The molecule has 1 aliphatic carbocycles. The van der Waals surface area contributed by atoms with Gasteiger partial charge in [-0.25, -0.2) is 0 Å². The van der Waals surface area contributed by atoms with E-state index in [-0.39, 0.29) is 0 Å². The lowest BCUT2D eigenvalue weighted by Gasteiger charge is -2.25. The lowest BCUT2D eigenvalue weighted by Crippen LogP contribution is -2.36. The van der Waals surface area contributed by atoms with Crippen LogP contribution in [0.15, 0.2) is 22.9 Å². The van der Waals surface area contributed by atoms with E-state index in [0.29, 0.717) is 6.04 Å². The molecule has 1 saturated carbocycles. The maximum absolute atomic E-state index is 4.05. The third-order valence-electron chi connectivity index (χ3n) is 3.18. The quantitative estimate of drug-likeness (QED) is 0.901. The van der Waals surface area contributed by atoms with Crippen LogP contribution in [0.3, 0.4) is 0 Å². The number of halogens is 1. The SMILES string of the molecule is CC(CNc1ccncc1Br)N(C)C1CC1. The van der Waals surface area contributed by atoms with E-state index < -0.39 is 0 Å². The second-order valence-electron chi connectivity index (χ2n) is 4.48. The highest BCUT2D eigenvalue weighted by atomic mass is 79.9. The summed E-state index contributed by atoms with van der Waals surface area (Å²) < 4.78 is 1.02. The Morgan fingerprint density at radius 3 is 3.00 bits per heavy atom. The fraction of sp³-hybridized carbons (Fsp3) is 0.583. The average molecular weight is 284 g/mol. The van der Waals surface area contributed by atoms with Crippen LogP contribution in [0.2, 0.25) is 0 Å². The van der Waals surface area contributed by atoms with Crippen molar-refractivity contribution in [2.75, 3.05) is 18.9 Å². The van der Waals surface area contributed by atoms with Crippen molar-refractivity contribution in [2.24, 2.45) is 0 Å². The molecule has 0 spiro atoms. The Kier molecular flexibility index (Phi) is 3.82. The summed E-state index contributed by atoms with van der Waals surface area (Å²) in [5, 5.41) is 3.45. The molecule has 0 bridgehead atoms. The molecule has 1 unspecified atom stereocenters. The number of aromatic nitrogens is 1. The van der Waals surface area contributed by atoms with Crippen LogP contribution in [-0.4, -0.2) is 35.6 Å². The summed E-state index contributed by atoms with van der Waals surface area (Å²) in [6, 6.07) is 3.37. The van der Waals surface area contributed by atoms with E-state index in [1.54, 1.807) is 0 Å². The van der Waals surface area contributed by atoms with Crippen LogP contribution in [0, 0.1) is 0 Å². The third kappa shape index (κ3) is 2.95. The summed E-state index contributed by atoms with van der Waals surface area (Å²) in [6.07, 6.45) is 6.35. The molecule has 1 heterocycles. The van der Waals surface area contributed by atoms with Gasteiger partial charge in [-0.2, -0.15) is 0 Å². The van der Waals surface area contributed by atoms with E-state index in [1.165, 1.54) is 12.8 Å². The van der Waals surface area contributed by atoms with Crippen molar-refractivity contribution in [1.82, 2.24) is 9.88 Å². The normalized spacial score (nSPS) is 17.5. The molecule has 0 aliphatic heterocycles. The van der Waals surface area contributed by atoms with Gasteiger partial charge in [-0.1, -0.05) is 0 Å². The first-order valence-electron chi connectivity index (χ1n) is 5.74. The van der Waals surface area contributed by atoms with Crippen molar-refractivity contribution in [2.45, 2.75) is 31.8 Å². The van der Waals surface area contributed by atoms with Crippen molar-refractivity contribution in [1.29, 1.82) is 0 Å². The number of nitrogens with zero attached hydrogens (tertiary/aromatic N) is 2. The largest absolute Gasteiger partial charge is 0.382 e. The van der Waals surface area contributed by atoms with E-state index in [9.17, 15) is 0 Å². The first-order chi connectivity index (χ1) is 7.68. The van der Waals surface area contributed by atoms with Gasteiger partial charge in [0, 0.05) is 31.0 Å². The summed E-state index contributed by atoms with van der Waals surface area (Å²) in [5.41, 5.74) is 1.12. The zero-order valence-electron chi connectivity index (χ0n) is 9.78. The smallest absolute Gasteiger partial charge is 0.0590 e. The molecule has 1 N–H and O–H groups in total. The van der Waals surface area contributed by atoms with Gasteiger partial charge in [-0.05, 0) is 48.8 Å². The van der Waals surface area contributed by atoms with Gasteiger partial charge in [0.1, 0.15) is 0 Å². The van der Waals surface area contributed by atoms with Crippen molar-refractivity contribution < 1.29 is 0 Å². The standard InChI is InChI=1S/C12H18BrN3/c1-9(16(2)10-3-4-10)7-15-12-5-6-14-8-11(12)13/h5-6,8-10H,3-4,7H2,1-2H3,(H,14,15). The van der Waals surface area contributed by atoms with Crippen LogP contribution >= 0.6 is 15.9 Å². The second kappa shape index (κ2) is 5.15. The third-order valence-corrected chi connectivity index (χ3v) is 3.81. The molecule has 16 heavy (non-hydrogen) atoms. The summed E-state index contributed by atoms with van der Waals surface area (Å²) >= 11 is 3.49. The first kappa shape index (κ1) is 11.9. The highest BCUT2D eigenvalue weighted by Crippen LogP contribution is 2.27. The zero-order chi connectivity index (χ0) is 11.5. The number of likely N-dealkylation sites (N-methyl/N-ethyl adjacent to an activating group) is 1. The highest BCUT2D eigenvalue weighted by Gasteiger charge is 2.28. The predicted molar refractivity (Wildman–Crippen MR) is 70.7 cm³/mol. The molecule has 1 aromatic heterocycles. The van der Waals surface area contributed by atoms with Crippen molar-refractivity contribution >= 4 is 21.6 Å². The van der Waals surface area contributed by atoms with Crippen LogP contribution in [0.5, 0.6) is 0 Å². The summed E-state index contributed by atoms with van der Waals surface area (Å²) in [6.45, 7) is 3.23. The van der Waals surface area contributed by atoms with Gasteiger partial charge in [0.2, 0.25) is 0 Å². The monoisotopic (exact) mass is 283 g/mol. The van der Waals surface area contributed by atoms with Crippen molar-refractivity contribution in [3.05, 3.63) is 22.9 Å². The van der Waals surface area contributed by atoms with Gasteiger partial charge in [0.25, 0.3) is 0 Å². The van der Waals surface area contributed by atoms with Crippen LogP contribution in [-0.2, 0) is 0 Å². The highest BCUT2D eigenvalue weighted by molar-refractivity contribution is 9.10. The van der Waals surface area contributed by atoms with Gasteiger partial charge < -0.3 is 5.32 Å². The molecular formula is C12H18BrN3. The van der Waals surface area contributed by atoms with E-state index in [0.717, 1.165) is 22.7 Å². The Morgan fingerprint density at radius 1 is 1.62 bits per heavy atom. The molecule has 0 saturated heterocycles. The molecule has 0 aromatic carbocycles. The lowest BCUT2D eigenvalue weighted by atomic mass is 10.2. The Bertz CT molecular complexity index is 352. The Balaban J connectivity index is 1.84. The Hall–Kier alpha value is -0.610. The first-order valence-corrected chi connectivity index (χ1v) is 6.53. The van der Waals surface area contributed by atoms with E-state index in [4.69, 9.17) is 0 Å². The van der Waals surface area contributed by atoms with Crippen LogP contribution < -0.4 is 5.32 Å². The van der Waals surface area contributed by atoms with Gasteiger partial charge in [-0.3, -0.25) is 9.88 Å². The zero-order valence-corrected chi connectivity index (χ0v) is 11.4.